The summed E-state index contributed by atoms with van der Waals surface area (Å²) in [7, 11) is -2.43. The first-order valence-electron chi connectivity index (χ1n) is 23.4. The fourth-order valence-electron chi connectivity index (χ4n) is 10.8. The van der Waals surface area contributed by atoms with Gasteiger partial charge in [0.25, 0.3) is 0 Å². The van der Waals surface area contributed by atoms with Crippen LogP contribution in [-0.4, -0.2) is 18.5 Å². The molecule has 0 aliphatic carbocycles. The quantitative estimate of drug-likeness (QED) is 0.0802. The van der Waals surface area contributed by atoms with Crippen molar-refractivity contribution in [3.8, 4) is 0 Å². The summed E-state index contributed by atoms with van der Waals surface area (Å²) in [5, 5.41) is 10.00. The van der Waals surface area contributed by atoms with E-state index in [0.29, 0.717) is 18.5 Å². The Bertz CT molecular complexity index is 2340. The fraction of sp³-hybridized carbons (Fsp3) is 0.100. The summed E-state index contributed by atoms with van der Waals surface area (Å²) >= 11 is 0. The van der Waals surface area contributed by atoms with Crippen molar-refractivity contribution in [2.75, 3.05) is 18.5 Å². The molecule has 3 nitrogen and oxygen atoms in total. The summed E-state index contributed by atoms with van der Waals surface area (Å²) in [6.07, 6.45) is 1.93. The SMILES string of the molecule is CCP(OP(OP(CC)(c1ccccc1)(c1ccccc1)c1ccccc1)OP(CC)(c1ccccc1)(c1ccccc1)c1ccccc1)(c1ccccc1)(c1ccccc1)c1ccccc1. The van der Waals surface area contributed by atoms with Gasteiger partial charge in [-0.25, -0.2) is 0 Å². The molecule has 67 heavy (non-hydrogen) atoms. The molecule has 9 aromatic rings. The minimum atomic E-state index is -4.14. The second-order valence-electron chi connectivity index (χ2n) is 17.1. The number of hydrogen-bond acceptors (Lipinski definition) is 3. The zero-order chi connectivity index (χ0) is 46.2. The second-order valence-corrected chi connectivity index (χ2v) is 33.3. The molecule has 0 aliphatic heterocycles. The van der Waals surface area contributed by atoms with Crippen LogP contribution in [-0.2, 0) is 12.9 Å². The predicted molar refractivity (Wildman–Crippen MR) is 297 cm³/mol. The molecular weight excluding hydrogens is 893 g/mol. The van der Waals surface area contributed by atoms with Crippen molar-refractivity contribution in [2.45, 2.75) is 20.8 Å². The molecule has 0 amide bonds. The van der Waals surface area contributed by atoms with Crippen LogP contribution in [0.5, 0.6) is 0 Å². The van der Waals surface area contributed by atoms with Crippen molar-refractivity contribution in [1.82, 2.24) is 0 Å². The molecule has 0 radical (unpaired) electrons. The molecule has 0 spiro atoms. The number of benzene rings is 9. The van der Waals surface area contributed by atoms with Crippen molar-refractivity contribution in [1.29, 1.82) is 0 Å². The molecule has 338 valence electrons. The molecule has 0 saturated carbocycles. The van der Waals surface area contributed by atoms with Gasteiger partial charge < -0.3 is 0 Å². The van der Waals surface area contributed by atoms with Crippen molar-refractivity contribution >= 4 is 76.8 Å². The molecule has 0 fully saturated rings. The van der Waals surface area contributed by atoms with Crippen LogP contribution in [0.15, 0.2) is 273 Å². The van der Waals surface area contributed by atoms with Crippen LogP contribution in [0.3, 0.4) is 0 Å². The molecule has 0 atom stereocenters. The van der Waals surface area contributed by atoms with Gasteiger partial charge in [-0.05, 0) is 0 Å². The van der Waals surface area contributed by atoms with Crippen molar-refractivity contribution in [2.24, 2.45) is 0 Å². The zero-order valence-corrected chi connectivity index (χ0v) is 42.2. The van der Waals surface area contributed by atoms with E-state index in [0.717, 1.165) is 47.7 Å². The van der Waals surface area contributed by atoms with Crippen molar-refractivity contribution in [3.63, 3.8) is 0 Å². The van der Waals surface area contributed by atoms with Crippen LogP contribution >= 0.6 is 29.1 Å². The van der Waals surface area contributed by atoms with Gasteiger partial charge in [0.2, 0.25) is 0 Å². The molecule has 0 aliphatic rings. The average molecular weight is 953 g/mol. The van der Waals surface area contributed by atoms with Crippen LogP contribution in [0.2, 0.25) is 0 Å². The van der Waals surface area contributed by atoms with E-state index in [-0.39, 0.29) is 0 Å². The third kappa shape index (κ3) is 7.32. The molecule has 7 heteroatoms. The standard InChI is InChI=1S/C60H60O3P4/c1-4-65(52-34-16-7-17-35-52,53-36-18-8-19-37-53,54-38-20-9-21-39-54)61-64(62-66(5-2,55-40-22-10-23-41-55,56-42-24-11-25-43-56)57-44-26-12-27-45-57)63-67(6-3,58-46-28-13-29-47-58,59-48-30-14-31-49-59)60-50-32-15-33-51-60/h7-51H,4-6H2,1-3H3. The Labute approximate surface area is 399 Å². The normalized spacial score (nSPS) is 14.3. The Morgan fingerprint density at radius 2 is 0.343 bits per heavy atom. The summed E-state index contributed by atoms with van der Waals surface area (Å²) < 4.78 is 26.5. The van der Waals surface area contributed by atoms with E-state index >= 15 is 0 Å². The van der Waals surface area contributed by atoms with Gasteiger partial charge in [-0.3, -0.25) is 0 Å². The molecule has 9 rings (SSSR count). The Kier molecular flexibility index (Phi) is 13.4. The van der Waals surface area contributed by atoms with E-state index in [1.807, 2.05) is 0 Å². The van der Waals surface area contributed by atoms with Gasteiger partial charge >= 0.3 is 402 Å². The van der Waals surface area contributed by atoms with Gasteiger partial charge in [0, 0.05) is 0 Å². The van der Waals surface area contributed by atoms with Crippen molar-refractivity contribution < 1.29 is 12.9 Å². The summed E-state index contributed by atoms with van der Waals surface area (Å²) in [6.45, 7) is -5.52. The van der Waals surface area contributed by atoms with E-state index in [1.54, 1.807) is 0 Å². The first-order chi connectivity index (χ1) is 32.9. The third-order valence-corrected chi connectivity index (χ3v) is 36.3. The van der Waals surface area contributed by atoms with E-state index < -0.39 is 29.1 Å². The monoisotopic (exact) mass is 952 g/mol. The molecule has 0 heterocycles. The summed E-state index contributed by atoms with van der Waals surface area (Å²) in [5.41, 5.74) is 0. The molecule has 0 N–H and O–H groups in total. The van der Waals surface area contributed by atoms with Crippen LogP contribution < -0.4 is 47.7 Å². The van der Waals surface area contributed by atoms with E-state index in [2.05, 4.69) is 294 Å². The van der Waals surface area contributed by atoms with Crippen LogP contribution in [0.25, 0.3) is 0 Å². The fourth-order valence-corrected chi connectivity index (χ4v) is 33.4. The van der Waals surface area contributed by atoms with Gasteiger partial charge in [-0.15, -0.1) is 0 Å². The Morgan fingerprint density at radius 1 is 0.224 bits per heavy atom. The number of rotatable bonds is 18. The Balaban J connectivity index is 1.50. The van der Waals surface area contributed by atoms with Gasteiger partial charge in [0.1, 0.15) is 0 Å². The van der Waals surface area contributed by atoms with Gasteiger partial charge in [0.15, 0.2) is 0 Å². The van der Waals surface area contributed by atoms with Gasteiger partial charge in [-0.1, -0.05) is 0 Å². The van der Waals surface area contributed by atoms with Crippen LogP contribution in [0, 0.1) is 0 Å². The Morgan fingerprint density at radius 3 is 0.448 bits per heavy atom. The van der Waals surface area contributed by atoms with Gasteiger partial charge in [0.05, 0.1) is 0 Å². The first-order valence-corrected chi connectivity index (χ1v) is 31.5. The number of hydrogen-bond donors (Lipinski definition) is 0. The maximum atomic E-state index is 8.84. The van der Waals surface area contributed by atoms with E-state index in [4.69, 9.17) is 12.9 Å². The third-order valence-electron chi connectivity index (χ3n) is 14.3. The zero-order valence-electron chi connectivity index (χ0n) is 38.6. The topological polar surface area (TPSA) is 27.7 Å². The first kappa shape index (κ1) is 46.7. The Hall–Kier alpha value is -5.42. The molecule has 0 aromatic heterocycles. The van der Waals surface area contributed by atoms with E-state index in [1.165, 1.54) is 0 Å². The summed E-state index contributed by atoms with van der Waals surface area (Å²) in [5.74, 6) is 0. The molecule has 9 aromatic carbocycles. The van der Waals surface area contributed by atoms with Crippen molar-refractivity contribution in [3.05, 3.63) is 273 Å². The predicted octanol–water partition coefficient (Wildman–Crippen LogP) is 12.7. The molecule has 0 unspecified atom stereocenters. The van der Waals surface area contributed by atoms with Crippen LogP contribution in [0.4, 0.5) is 0 Å². The molecule has 0 saturated heterocycles. The van der Waals surface area contributed by atoms with Gasteiger partial charge in [-0.2, -0.15) is 0 Å². The second kappa shape index (κ2) is 19.3. The summed E-state index contributed by atoms with van der Waals surface area (Å²) in [6, 6.07) is 98.5. The molecular formula is C60H60O3P4. The maximum absolute atomic E-state index is 8.84. The van der Waals surface area contributed by atoms with Crippen LogP contribution in [0.1, 0.15) is 20.8 Å². The average Bonchev–Trinajstić information content (AvgIpc) is 3.43. The van der Waals surface area contributed by atoms with E-state index in [9.17, 15) is 0 Å². The minimum absolute atomic E-state index is 0.642. The summed E-state index contributed by atoms with van der Waals surface area (Å²) in [4.78, 5) is 0. The molecule has 0 bridgehead atoms.